The third-order valence-electron chi connectivity index (χ3n) is 4.49. The number of hydrogen-bond acceptors (Lipinski definition) is 4. The molecular weight excluding hydrogens is 334 g/mol. The fourth-order valence-electron chi connectivity index (χ4n) is 2.92. The third kappa shape index (κ3) is 2.93. The molecule has 5 nitrogen and oxygen atoms in total. The van der Waals surface area contributed by atoms with Crippen LogP contribution in [0.1, 0.15) is 12.5 Å². The number of amides is 1. The summed E-state index contributed by atoms with van der Waals surface area (Å²) in [6.07, 6.45) is 1.62. The second-order valence-electron chi connectivity index (χ2n) is 6.52. The highest BCUT2D eigenvalue weighted by atomic mass is 32.2. The summed E-state index contributed by atoms with van der Waals surface area (Å²) in [6, 6.07) is 15.1. The van der Waals surface area contributed by atoms with Gasteiger partial charge in [0, 0.05) is 18.2 Å². The number of carbonyl (C=O) groups is 1. The summed E-state index contributed by atoms with van der Waals surface area (Å²) in [5.41, 5.74) is 7.38. The molecule has 1 heterocycles. The molecule has 0 aliphatic carbocycles. The predicted octanol–water partition coefficient (Wildman–Crippen LogP) is 2.06. The van der Waals surface area contributed by atoms with Crippen molar-refractivity contribution in [1.82, 2.24) is 4.90 Å². The molecule has 2 atom stereocenters. The number of nitrogens with zero attached hydrogens (tertiary/aromatic N) is 2. The van der Waals surface area contributed by atoms with Crippen LogP contribution in [0.25, 0.3) is 11.1 Å². The Morgan fingerprint density at radius 2 is 1.76 bits per heavy atom. The van der Waals surface area contributed by atoms with Crippen LogP contribution in [0.5, 0.6) is 0 Å². The van der Waals surface area contributed by atoms with Crippen molar-refractivity contribution < 1.29 is 9.00 Å². The van der Waals surface area contributed by atoms with Crippen molar-refractivity contribution >= 4 is 27.3 Å². The van der Waals surface area contributed by atoms with Crippen molar-refractivity contribution in [1.29, 1.82) is 0 Å². The minimum atomic E-state index is -2.29. The second-order valence-corrected chi connectivity index (χ2v) is 9.00. The Morgan fingerprint density at radius 3 is 2.32 bits per heavy atom. The Labute approximate surface area is 148 Å². The quantitative estimate of drug-likeness (QED) is 0.856. The molecule has 0 spiro atoms. The van der Waals surface area contributed by atoms with Crippen molar-refractivity contribution in [2.45, 2.75) is 17.4 Å². The lowest BCUT2D eigenvalue weighted by atomic mass is 9.90. The average molecular weight is 355 g/mol. The highest BCUT2D eigenvalue weighted by Crippen LogP contribution is 2.34. The van der Waals surface area contributed by atoms with Gasteiger partial charge >= 0.3 is 0 Å². The highest BCUT2D eigenvalue weighted by Gasteiger charge is 2.43. The first kappa shape index (κ1) is 17.2. The normalized spacial score (nSPS) is 22.6. The monoisotopic (exact) mass is 355 g/mol. The predicted molar refractivity (Wildman–Crippen MR) is 103 cm³/mol. The number of benzene rings is 2. The SMILES string of the molecule is C=S(C)(=O)c1cccc(-c2cccc(C3(C)N=C(N)N(C)C3=O)c2)c1. The molecule has 2 aromatic rings. The van der Waals surface area contributed by atoms with E-state index in [-0.39, 0.29) is 11.9 Å². The fourth-order valence-corrected chi connectivity index (χ4v) is 3.66. The van der Waals surface area contributed by atoms with Gasteiger partial charge < -0.3 is 5.73 Å². The molecule has 130 valence electrons. The van der Waals surface area contributed by atoms with Crippen LogP contribution in [0, 0.1) is 0 Å². The van der Waals surface area contributed by atoms with E-state index in [0.717, 1.165) is 16.7 Å². The van der Waals surface area contributed by atoms with Gasteiger partial charge in [0.1, 0.15) is 0 Å². The van der Waals surface area contributed by atoms with Gasteiger partial charge in [-0.15, -0.1) is 0 Å². The first-order valence-electron chi connectivity index (χ1n) is 7.79. The van der Waals surface area contributed by atoms with Gasteiger partial charge in [-0.3, -0.25) is 13.9 Å². The van der Waals surface area contributed by atoms with Crippen LogP contribution >= 0.6 is 0 Å². The number of rotatable bonds is 3. The van der Waals surface area contributed by atoms with Crippen LogP contribution in [0.4, 0.5) is 0 Å². The van der Waals surface area contributed by atoms with Crippen LogP contribution in [-0.4, -0.2) is 40.1 Å². The molecule has 2 unspecified atom stereocenters. The highest BCUT2D eigenvalue weighted by molar-refractivity contribution is 7.99. The van der Waals surface area contributed by atoms with Crippen LogP contribution < -0.4 is 5.73 Å². The lowest BCUT2D eigenvalue weighted by Crippen LogP contribution is -2.38. The summed E-state index contributed by atoms with van der Waals surface area (Å²) >= 11 is 0. The fraction of sp³-hybridized carbons (Fsp3) is 0.211. The summed E-state index contributed by atoms with van der Waals surface area (Å²) in [5.74, 6) is 3.79. The molecule has 0 saturated heterocycles. The number of hydrogen-bond donors (Lipinski definition) is 1. The summed E-state index contributed by atoms with van der Waals surface area (Å²) in [6.45, 7) is 1.76. The molecule has 1 amide bonds. The van der Waals surface area contributed by atoms with E-state index in [1.807, 2.05) is 48.5 Å². The maximum atomic E-state index is 12.6. The van der Waals surface area contributed by atoms with E-state index >= 15 is 0 Å². The smallest absolute Gasteiger partial charge is 0.261 e. The van der Waals surface area contributed by atoms with Crippen LogP contribution in [-0.2, 0) is 19.9 Å². The van der Waals surface area contributed by atoms with E-state index in [2.05, 4.69) is 10.9 Å². The van der Waals surface area contributed by atoms with Crippen molar-refractivity contribution in [2.24, 2.45) is 10.7 Å². The second kappa shape index (κ2) is 5.74. The molecule has 0 aromatic heterocycles. The van der Waals surface area contributed by atoms with E-state index in [0.29, 0.717) is 4.90 Å². The molecule has 25 heavy (non-hydrogen) atoms. The molecule has 2 N–H and O–H groups in total. The summed E-state index contributed by atoms with van der Waals surface area (Å²) in [4.78, 5) is 19.0. The first-order chi connectivity index (χ1) is 11.6. The summed E-state index contributed by atoms with van der Waals surface area (Å²) in [7, 11) is -0.677. The van der Waals surface area contributed by atoms with E-state index in [1.54, 1.807) is 20.2 Å². The van der Waals surface area contributed by atoms with E-state index < -0.39 is 15.1 Å². The van der Waals surface area contributed by atoms with Gasteiger partial charge in [0.15, 0.2) is 11.5 Å². The van der Waals surface area contributed by atoms with Gasteiger partial charge in [0.25, 0.3) is 5.91 Å². The molecule has 0 fully saturated rings. The Balaban J connectivity index is 2.09. The number of guanidine groups is 1. The zero-order valence-corrected chi connectivity index (χ0v) is 15.3. The lowest BCUT2D eigenvalue weighted by Gasteiger charge is -2.21. The Morgan fingerprint density at radius 1 is 1.16 bits per heavy atom. The molecule has 1 aliphatic rings. The number of aliphatic imine (C=N–C) groups is 1. The molecule has 0 bridgehead atoms. The van der Waals surface area contributed by atoms with Crippen molar-refractivity contribution in [3.05, 3.63) is 54.1 Å². The van der Waals surface area contributed by atoms with Gasteiger partial charge in [-0.05, 0) is 57.2 Å². The number of carbonyl (C=O) groups excluding carboxylic acids is 1. The number of nitrogens with two attached hydrogens (primary N) is 1. The van der Waals surface area contributed by atoms with E-state index in [4.69, 9.17) is 5.73 Å². The van der Waals surface area contributed by atoms with Crippen molar-refractivity contribution in [2.75, 3.05) is 13.3 Å². The van der Waals surface area contributed by atoms with E-state index in [9.17, 15) is 9.00 Å². The topological polar surface area (TPSA) is 75.8 Å². The van der Waals surface area contributed by atoms with Crippen LogP contribution in [0.15, 0.2) is 58.4 Å². The molecule has 6 heteroatoms. The Kier molecular flexibility index (Phi) is 3.95. The summed E-state index contributed by atoms with van der Waals surface area (Å²) < 4.78 is 12.2. The zero-order chi connectivity index (χ0) is 18.4. The standard InChI is InChI=1S/C19H21N3O2S/c1-19(17(23)22(2)18(20)21-19)15-9-5-7-13(11-15)14-8-6-10-16(12-14)25(3,4)24/h5-12H,3H2,1-2,4H3,(H2,20,21). The molecular formula is C19H21N3O2S. The molecule has 1 aliphatic heterocycles. The maximum Gasteiger partial charge on any atom is 0.261 e. The van der Waals surface area contributed by atoms with Gasteiger partial charge in [0.05, 0.1) is 0 Å². The van der Waals surface area contributed by atoms with Crippen LogP contribution in [0.2, 0.25) is 0 Å². The minimum Gasteiger partial charge on any atom is -0.369 e. The third-order valence-corrected chi connectivity index (χ3v) is 5.74. The van der Waals surface area contributed by atoms with Crippen LogP contribution in [0.3, 0.4) is 0 Å². The van der Waals surface area contributed by atoms with Gasteiger partial charge in [-0.1, -0.05) is 30.3 Å². The van der Waals surface area contributed by atoms with Crippen molar-refractivity contribution in [3.63, 3.8) is 0 Å². The lowest BCUT2D eigenvalue weighted by molar-refractivity contribution is -0.130. The van der Waals surface area contributed by atoms with Gasteiger partial charge in [0.2, 0.25) is 0 Å². The van der Waals surface area contributed by atoms with E-state index in [1.165, 1.54) is 4.90 Å². The zero-order valence-electron chi connectivity index (χ0n) is 14.5. The largest absolute Gasteiger partial charge is 0.369 e. The molecule has 2 aromatic carbocycles. The molecule has 3 rings (SSSR count). The van der Waals surface area contributed by atoms with Crippen molar-refractivity contribution in [3.8, 4) is 11.1 Å². The number of likely N-dealkylation sites (N-methyl/N-ethyl adjacent to an activating group) is 1. The molecule has 0 radical (unpaired) electrons. The summed E-state index contributed by atoms with van der Waals surface area (Å²) in [5, 5.41) is 0. The van der Waals surface area contributed by atoms with Gasteiger partial charge in [-0.25, -0.2) is 4.99 Å². The Hall–Kier alpha value is -2.60. The van der Waals surface area contributed by atoms with Gasteiger partial charge in [-0.2, -0.15) is 0 Å². The molecule has 0 saturated carbocycles. The maximum absolute atomic E-state index is 12.6. The minimum absolute atomic E-state index is 0.162. The average Bonchev–Trinajstić information content (AvgIpc) is 2.78. The Bertz CT molecular complexity index is 995. The first-order valence-corrected chi connectivity index (χ1v) is 9.93.